The second-order valence-corrected chi connectivity index (χ2v) is 7.06. The average molecular weight is 353 g/mol. The molecule has 2 aromatic rings. The Morgan fingerprint density at radius 3 is 2.43 bits per heavy atom. The maximum Gasteiger partial charge on any atom is 0.261 e. The number of rotatable bonds is 5. The van der Waals surface area contributed by atoms with E-state index >= 15 is 0 Å². The van der Waals surface area contributed by atoms with Gasteiger partial charge in [0.1, 0.15) is 0 Å². The van der Waals surface area contributed by atoms with Gasteiger partial charge < -0.3 is 5.32 Å². The molecule has 0 radical (unpaired) electrons. The lowest BCUT2D eigenvalue weighted by atomic mass is 10.1. The summed E-state index contributed by atoms with van der Waals surface area (Å²) in [5, 5.41) is 3.08. The van der Waals surface area contributed by atoms with Crippen LogP contribution in [0.1, 0.15) is 18.9 Å². The molecule has 0 atom stereocenters. The molecule has 0 heterocycles. The number of sulfonamides is 1. The molecule has 0 aliphatic rings. The SMILES string of the molecule is CCC(=O)Nc1cccc(NS(=O)(=O)c2cccc(Cl)c2)c1C. The van der Waals surface area contributed by atoms with Crippen molar-refractivity contribution in [1.82, 2.24) is 0 Å². The number of hydrogen-bond donors (Lipinski definition) is 2. The van der Waals surface area contributed by atoms with Crippen LogP contribution in [0.3, 0.4) is 0 Å². The Morgan fingerprint density at radius 1 is 1.13 bits per heavy atom. The minimum absolute atomic E-state index is 0.0763. The lowest BCUT2D eigenvalue weighted by molar-refractivity contribution is -0.115. The van der Waals surface area contributed by atoms with Gasteiger partial charge in [0, 0.05) is 17.1 Å². The molecule has 0 spiro atoms. The van der Waals surface area contributed by atoms with Gasteiger partial charge in [-0.1, -0.05) is 30.7 Å². The number of carbonyl (C=O) groups excluding carboxylic acids is 1. The first-order valence-corrected chi connectivity index (χ1v) is 8.87. The minimum Gasteiger partial charge on any atom is -0.326 e. The van der Waals surface area contributed by atoms with Crippen molar-refractivity contribution in [2.75, 3.05) is 10.0 Å². The van der Waals surface area contributed by atoms with Crippen LogP contribution < -0.4 is 10.0 Å². The molecule has 7 heteroatoms. The number of halogens is 1. The molecule has 0 bridgehead atoms. The summed E-state index contributed by atoms with van der Waals surface area (Å²) in [4.78, 5) is 11.6. The standard InChI is InChI=1S/C16H17ClN2O3S/c1-3-16(20)18-14-8-5-9-15(11(14)2)19-23(21,22)13-7-4-6-12(17)10-13/h4-10,19H,3H2,1-2H3,(H,18,20). The third kappa shape index (κ3) is 4.24. The van der Waals surface area contributed by atoms with Gasteiger partial charge in [-0.25, -0.2) is 8.42 Å². The van der Waals surface area contributed by atoms with Gasteiger partial charge in [0.15, 0.2) is 0 Å². The fourth-order valence-corrected chi connectivity index (χ4v) is 3.38. The highest BCUT2D eigenvalue weighted by Crippen LogP contribution is 2.26. The molecule has 0 aliphatic carbocycles. The van der Waals surface area contributed by atoms with Gasteiger partial charge in [0.25, 0.3) is 10.0 Å². The molecule has 5 nitrogen and oxygen atoms in total. The summed E-state index contributed by atoms with van der Waals surface area (Å²) in [6, 6.07) is 11.1. The van der Waals surface area contributed by atoms with Crippen molar-refractivity contribution in [1.29, 1.82) is 0 Å². The number of hydrogen-bond acceptors (Lipinski definition) is 3. The van der Waals surface area contributed by atoms with E-state index < -0.39 is 10.0 Å². The fraction of sp³-hybridized carbons (Fsp3) is 0.188. The second-order valence-electron chi connectivity index (χ2n) is 4.94. The Bertz CT molecular complexity index is 835. The first kappa shape index (κ1) is 17.3. The van der Waals surface area contributed by atoms with E-state index in [0.29, 0.717) is 28.4 Å². The summed E-state index contributed by atoms with van der Waals surface area (Å²) in [6.45, 7) is 3.48. The lowest BCUT2D eigenvalue weighted by Crippen LogP contribution is -2.15. The molecule has 2 N–H and O–H groups in total. The summed E-state index contributed by atoms with van der Waals surface area (Å²) >= 11 is 5.84. The van der Waals surface area contributed by atoms with Gasteiger partial charge in [0.05, 0.1) is 10.6 Å². The van der Waals surface area contributed by atoms with Crippen LogP contribution in [0.5, 0.6) is 0 Å². The van der Waals surface area contributed by atoms with E-state index in [1.165, 1.54) is 12.1 Å². The van der Waals surface area contributed by atoms with Crippen LogP contribution in [0.25, 0.3) is 0 Å². The van der Waals surface area contributed by atoms with Crippen LogP contribution in [0.2, 0.25) is 5.02 Å². The van der Waals surface area contributed by atoms with E-state index in [0.717, 1.165) is 0 Å². The summed E-state index contributed by atoms with van der Waals surface area (Å²) < 4.78 is 27.4. The summed E-state index contributed by atoms with van der Waals surface area (Å²) in [7, 11) is -3.76. The lowest BCUT2D eigenvalue weighted by Gasteiger charge is -2.14. The van der Waals surface area contributed by atoms with Crippen LogP contribution in [-0.2, 0) is 14.8 Å². The van der Waals surface area contributed by atoms with Crippen molar-refractivity contribution < 1.29 is 13.2 Å². The van der Waals surface area contributed by atoms with Crippen LogP contribution in [0.4, 0.5) is 11.4 Å². The number of anilines is 2. The zero-order valence-corrected chi connectivity index (χ0v) is 14.3. The fourth-order valence-electron chi connectivity index (χ4n) is 1.96. The van der Waals surface area contributed by atoms with Gasteiger partial charge in [-0.2, -0.15) is 0 Å². The maximum atomic E-state index is 12.4. The topological polar surface area (TPSA) is 75.3 Å². The van der Waals surface area contributed by atoms with Crippen molar-refractivity contribution in [2.45, 2.75) is 25.2 Å². The van der Waals surface area contributed by atoms with Gasteiger partial charge in [0.2, 0.25) is 5.91 Å². The molecule has 0 unspecified atom stereocenters. The van der Waals surface area contributed by atoms with Gasteiger partial charge in [-0.05, 0) is 42.8 Å². The van der Waals surface area contributed by atoms with Crippen LogP contribution >= 0.6 is 11.6 Å². The normalized spacial score (nSPS) is 11.1. The van der Waals surface area contributed by atoms with Crippen LogP contribution in [0, 0.1) is 6.92 Å². The predicted molar refractivity (Wildman–Crippen MR) is 92.4 cm³/mol. The first-order chi connectivity index (χ1) is 10.8. The van der Waals surface area contributed by atoms with Crippen molar-refractivity contribution in [3.05, 3.63) is 53.1 Å². The van der Waals surface area contributed by atoms with E-state index in [1.54, 1.807) is 44.2 Å². The Kier molecular flexibility index (Phi) is 5.28. The molecule has 1 amide bonds. The van der Waals surface area contributed by atoms with Crippen LogP contribution in [0.15, 0.2) is 47.4 Å². The number of amides is 1. The van der Waals surface area contributed by atoms with E-state index in [9.17, 15) is 13.2 Å². The van der Waals surface area contributed by atoms with E-state index in [4.69, 9.17) is 11.6 Å². The molecule has 0 aliphatic heterocycles. The van der Waals surface area contributed by atoms with Gasteiger partial charge in [-0.3, -0.25) is 9.52 Å². The zero-order valence-electron chi connectivity index (χ0n) is 12.8. The highest BCUT2D eigenvalue weighted by atomic mass is 35.5. The Balaban J connectivity index is 2.33. The Morgan fingerprint density at radius 2 is 1.78 bits per heavy atom. The van der Waals surface area contributed by atoms with Crippen molar-refractivity contribution in [2.24, 2.45) is 0 Å². The quantitative estimate of drug-likeness (QED) is 0.859. The molecule has 2 aromatic carbocycles. The number of nitrogens with one attached hydrogen (secondary N) is 2. The highest BCUT2D eigenvalue weighted by Gasteiger charge is 2.16. The second kappa shape index (κ2) is 7.02. The number of benzene rings is 2. The van der Waals surface area contributed by atoms with Gasteiger partial charge >= 0.3 is 0 Å². The van der Waals surface area contributed by atoms with E-state index in [2.05, 4.69) is 10.0 Å². The number of carbonyl (C=O) groups is 1. The molecular formula is C16H17ClN2O3S. The largest absolute Gasteiger partial charge is 0.326 e. The van der Waals surface area contributed by atoms with Crippen molar-refractivity contribution in [3.8, 4) is 0 Å². The Labute approximate surface area is 140 Å². The molecular weight excluding hydrogens is 336 g/mol. The smallest absolute Gasteiger partial charge is 0.261 e. The monoisotopic (exact) mass is 352 g/mol. The predicted octanol–water partition coefficient (Wildman–Crippen LogP) is 3.80. The molecule has 0 fully saturated rings. The van der Waals surface area contributed by atoms with Crippen molar-refractivity contribution >= 4 is 38.9 Å². The first-order valence-electron chi connectivity index (χ1n) is 7.01. The summed E-state index contributed by atoms with van der Waals surface area (Å²) in [6.07, 6.45) is 0.345. The maximum absolute atomic E-state index is 12.4. The molecule has 0 saturated heterocycles. The van der Waals surface area contributed by atoms with Crippen LogP contribution in [-0.4, -0.2) is 14.3 Å². The average Bonchev–Trinajstić information content (AvgIpc) is 2.51. The minimum atomic E-state index is -3.76. The summed E-state index contributed by atoms with van der Waals surface area (Å²) in [5.74, 6) is -0.136. The third-order valence-corrected chi connectivity index (χ3v) is 4.88. The zero-order chi connectivity index (χ0) is 17.0. The molecule has 2 rings (SSSR count). The van der Waals surface area contributed by atoms with Crippen molar-refractivity contribution in [3.63, 3.8) is 0 Å². The molecule has 0 aromatic heterocycles. The molecule has 0 saturated carbocycles. The summed E-state index contributed by atoms with van der Waals surface area (Å²) in [5.41, 5.74) is 1.61. The Hall–Kier alpha value is -2.05. The third-order valence-electron chi connectivity index (χ3n) is 3.28. The molecule has 122 valence electrons. The van der Waals surface area contributed by atoms with E-state index in [1.807, 2.05) is 0 Å². The van der Waals surface area contributed by atoms with E-state index in [-0.39, 0.29) is 10.8 Å². The van der Waals surface area contributed by atoms with Gasteiger partial charge in [-0.15, -0.1) is 0 Å². The molecule has 23 heavy (non-hydrogen) atoms. The highest BCUT2D eigenvalue weighted by molar-refractivity contribution is 7.92.